The van der Waals surface area contributed by atoms with Crippen LogP contribution in [0.1, 0.15) is 40.5 Å². The lowest BCUT2D eigenvalue weighted by Gasteiger charge is -2.54. The number of fused-ring (bicyclic) bond motifs is 1. The van der Waals surface area contributed by atoms with Gasteiger partial charge in [0.25, 0.3) is 5.91 Å². The van der Waals surface area contributed by atoms with Gasteiger partial charge in [0.15, 0.2) is 12.3 Å². The van der Waals surface area contributed by atoms with Gasteiger partial charge < -0.3 is 48.3 Å². The van der Waals surface area contributed by atoms with Gasteiger partial charge in [-0.2, -0.15) is 0 Å². The summed E-state index contributed by atoms with van der Waals surface area (Å²) in [7, 11) is 5.93. The zero-order chi connectivity index (χ0) is 32.7. The molecule has 0 saturated carbocycles. The van der Waals surface area contributed by atoms with E-state index in [-0.39, 0.29) is 31.3 Å². The van der Waals surface area contributed by atoms with Crippen molar-refractivity contribution in [2.75, 3.05) is 35.2 Å². The van der Waals surface area contributed by atoms with Crippen molar-refractivity contribution in [1.29, 1.82) is 0 Å². The van der Waals surface area contributed by atoms with Crippen LogP contribution in [-0.4, -0.2) is 107 Å². The second-order valence-corrected chi connectivity index (χ2v) is 11.9. The smallest absolute Gasteiger partial charge is 0.330 e. The summed E-state index contributed by atoms with van der Waals surface area (Å²) in [6.45, 7) is 11.9. The maximum atomic E-state index is 13.5. The number of esters is 1. The van der Waals surface area contributed by atoms with Crippen molar-refractivity contribution < 1.29 is 52.6 Å². The number of methoxy groups -OCH3 is 4. The number of allylic oxidation sites excluding steroid dienone is 4. The van der Waals surface area contributed by atoms with Crippen LogP contribution in [0.2, 0.25) is 0 Å². The molecule has 12 nitrogen and oxygen atoms in total. The molecule has 3 fully saturated rings. The van der Waals surface area contributed by atoms with E-state index in [0.29, 0.717) is 6.42 Å². The van der Waals surface area contributed by atoms with Gasteiger partial charge >= 0.3 is 5.97 Å². The molecule has 12 heteroatoms. The van der Waals surface area contributed by atoms with Gasteiger partial charge in [-0.1, -0.05) is 63.3 Å². The summed E-state index contributed by atoms with van der Waals surface area (Å²) < 4.78 is 46.2. The van der Waals surface area contributed by atoms with E-state index in [2.05, 4.69) is 16.6 Å². The van der Waals surface area contributed by atoms with Gasteiger partial charge in [0.05, 0.1) is 31.5 Å². The lowest BCUT2D eigenvalue weighted by molar-refractivity contribution is -0.332. The van der Waals surface area contributed by atoms with Gasteiger partial charge in [-0.15, -0.1) is 0 Å². The van der Waals surface area contributed by atoms with Gasteiger partial charge in [0.1, 0.15) is 19.0 Å². The van der Waals surface area contributed by atoms with E-state index >= 15 is 0 Å². The summed E-state index contributed by atoms with van der Waals surface area (Å²) in [5.74, 6) is -2.73. The first-order valence-corrected chi connectivity index (χ1v) is 14.8. The van der Waals surface area contributed by atoms with Crippen LogP contribution in [0.15, 0.2) is 48.6 Å². The van der Waals surface area contributed by atoms with Crippen LogP contribution in [0.25, 0.3) is 0 Å². The monoisotopic (exact) mass is 623 g/mol. The van der Waals surface area contributed by atoms with E-state index in [1.807, 2.05) is 39.8 Å². The quantitative estimate of drug-likeness (QED) is 0.143. The lowest BCUT2D eigenvalue weighted by atomic mass is 9.72. The molecule has 0 aliphatic carbocycles. The zero-order valence-corrected chi connectivity index (χ0v) is 27.0. The molecule has 0 aromatic rings. The molecule has 0 aromatic carbocycles. The van der Waals surface area contributed by atoms with Crippen molar-refractivity contribution in [3.8, 4) is 0 Å². The van der Waals surface area contributed by atoms with Crippen molar-refractivity contribution in [1.82, 2.24) is 5.32 Å². The first-order valence-electron chi connectivity index (χ1n) is 14.8. The van der Waals surface area contributed by atoms with E-state index in [1.165, 1.54) is 20.3 Å². The van der Waals surface area contributed by atoms with E-state index in [9.17, 15) is 14.7 Å². The topological polar surface area (TPSA) is 140 Å². The van der Waals surface area contributed by atoms with Crippen LogP contribution >= 0.6 is 0 Å². The maximum Gasteiger partial charge on any atom is 0.330 e. The van der Waals surface area contributed by atoms with Gasteiger partial charge in [-0.3, -0.25) is 4.79 Å². The number of hydrogen-bond acceptors (Lipinski definition) is 11. The summed E-state index contributed by atoms with van der Waals surface area (Å²) in [6.07, 6.45) is 5.27. The summed E-state index contributed by atoms with van der Waals surface area (Å²) in [5, 5.41) is 14.0. The van der Waals surface area contributed by atoms with Crippen molar-refractivity contribution in [3.63, 3.8) is 0 Å². The highest BCUT2D eigenvalue weighted by molar-refractivity contribution is 5.82. The van der Waals surface area contributed by atoms with Gasteiger partial charge in [-0.25, -0.2) is 4.79 Å². The number of amides is 1. The first kappa shape index (κ1) is 36.1. The number of carbonyl (C=O) groups is 2. The highest BCUT2D eigenvalue weighted by Gasteiger charge is 2.57. The van der Waals surface area contributed by atoms with E-state index < -0.39 is 59.8 Å². The van der Waals surface area contributed by atoms with E-state index in [4.69, 9.17) is 33.2 Å². The molecule has 3 heterocycles. The van der Waals surface area contributed by atoms with Crippen molar-refractivity contribution >= 4 is 11.9 Å². The second-order valence-electron chi connectivity index (χ2n) is 11.9. The van der Waals surface area contributed by atoms with Crippen molar-refractivity contribution in [2.24, 2.45) is 11.3 Å². The normalized spacial score (nSPS) is 35.5. The van der Waals surface area contributed by atoms with E-state index in [1.54, 1.807) is 32.4 Å². The number of nitrogens with one attached hydrogen (secondary N) is 1. The van der Waals surface area contributed by atoms with Crippen LogP contribution in [0.3, 0.4) is 0 Å². The van der Waals surface area contributed by atoms with Crippen molar-refractivity contribution in [2.45, 2.75) is 95.3 Å². The predicted molar refractivity (Wildman–Crippen MR) is 160 cm³/mol. The summed E-state index contributed by atoms with van der Waals surface area (Å²) in [6, 6.07) is 0. The average molecular weight is 624 g/mol. The molecule has 3 rings (SSSR count). The highest BCUT2D eigenvalue weighted by Crippen LogP contribution is 2.44. The molecule has 0 radical (unpaired) electrons. The minimum Gasteiger partial charge on any atom is -0.466 e. The molecule has 0 bridgehead atoms. The van der Waals surface area contributed by atoms with Gasteiger partial charge in [0, 0.05) is 51.6 Å². The minimum absolute atomic E-state index is 0.0419. The number of aliphatic hydroxyl groups is 1. The average Bonchev–Trinajstić information content (AvgIpc) is 3.00. The first-order chi connectivity index (χ1) is 20.8. The molecule has 1 amide bonds. The summed E-state index contributed by atoms with van der Waals surface area (Å²) in [5.41, 5.74) is 0.298. The predicted octanol–water partition coefficient (Wildman–Crippen LogP) is 2.56. The number of ether oxygens (including phenoxy) is 8. The summed E-state index contributed by atoms with van der Waals surface area (Å²) >= 11 is 0. The largest absolute Gasteiger partial charge is 0.466 e. The van der Waals surface area contributed by atoms with Crippen LogP contribution in [0, 0.1) is 11.3 Å². The van der Waals surface area contributed by atoms with E-state index in [0.717, 1.165) is 5.57 Å². The standard InChI is InChI=1S/C32H49NO11/c1-19-17-32(40-9,44-21(3)20(19)2)27(35)29(36)33-30-26-25(41-18-42-30)28(39-8)31(4,5)23(43-26)16-22(37-6)14-12-10-11-13-15-24(34)38-7/h10-15,20-23,25-28,30,35H,1,16-18H2,2-9H3,(H,33,36)/b11-10+,14-12+,15-13+/t20-,21-,22?,23-,25+,26+,27-,28-,30+,32-/m1/s1. The fraction of sp³-hybridized carbons (Fsp3) is 0.688. The Hall–Kier alpha value is -2.42. The Labute approximate surface area is 260 Å². The second kappa shape index (κ2) is 15.7. The molecular formula is C32H49NO11. The molecule has 0 aromatic heterocycles. The zero-order valence-electron chi connectivity index (χ0n) is 27.0. The third-order valence-electron chi connectivity index (χ3n) is 8.91. The van der Waals surface area contributed by atoms with Gasteiger partial charge in [0.2, 0.25) is 5.79 Å². The Kier molecular flexibility index (Phi) is 12.9. The van der Waals surface area contributed by atoms with Crippen LogP contribution in [0.4, 0.5) is 0 Å². The molecule has 3 saturated heterocycles. The Balaban J connectivity index is 1.76. The SMILES string of the molecule is C=C1C[C@](OC)([C@H](O)C(=O)N[C@H]2OCO[C@H]3[C@@H]2O[C@H](CC(/C=C/C=C/C=C/C(=O)OC)OC)C(C)(C)[C@@H]3OC)O[C@H](C)[C@@H]1C. The molecule has 3 aliphatic heterocycles. The molecular weight excluding hydrogens is 574 g/mol. The number of rotatable bonds is 12. The third-order valence-corrected chi connectivity index (χ3v) is 8.91. The fourth-order valence-electron chi connectivity index (χ4n) is 5.92. The highest BCUT2D eigenvalue weighted by atomic mass is 16.7. The molecule has 248 valence electrons. The van der Waals surface area contributed by atoms with Crippen LogP contribution in [0.5, 0.6) is 0 Å². The van der Waals surface area contributed by atoms with Crippen LogP contribution in [-0.2, 0) is 47.5 Å². The summed E-state index contributed by atoms with van der Waals surface area (Å²) in [4.78, 5) is 24.7. The van der Waals surface area contributed by atoms with Gasteiger partial charge in [-0.05, 0) is 6.92 Å². The third kappa shape index (κ3) is 8.04. The maximum absolute atomic E-state index is 13.5. The minimum atomic E-state index is -1.67. The molecule has 3 aliphatic rings. The Morgan fingerprint density at radius 2 is 1.80 bits per heavy atom. The fourth-order valence-corrected chi connectivity index (χ4v) is 5.92. The number of aliphatic hydroxyl groups excluding tert-OH is 1. The molecule has 44 heavy (non-hydrogen) atoms. The van der Waals surface area contributed by atoms with Crippen molar-refractivity contribution in [3.05, 3.63) is 48.6 Å². The number of hydrogen-bond donors (Lipinski definition) is 2. The van der Waals surface area contributed by atoms with Crippen LogP contribution < -0.4 is 5.32 Å². The molecule has 1 unspecified atom stereocenters. The molecule has 2 N–H and O–H groups in total. The Morgan fingerprint density at radius 1 is 1.09 bits per heavy atom. The lowest BCUT2D eigenvalue weighted by Crippen LogP contribution is -2.69. The Bertz CT molecular complexity index is 1090. The Morgan fingerprint density at radius 3 is 2.41 bits per heavy atom. The molecule has 10 atom stereocenters. The molecule has 0 spiro atoms. The number of carbonyl (C=O) groups excluding carboxylic acids is 2.